The summed E-state index contributed by atoms with van der Waals surface area (Å²) in [5.74, 6) is 1.77. The van der Waals surface area contributed by atoms with E-state index in [1.807, 2.05) is 35.9 Å². The third kappa shape index (κ3) is 3.49. The Kier molecular flexibility index (Phi) is 4.03. The van der Waals surface area contributed by atoms with Crippen LogP contribution in [0.25, 0.3) is 0 Å². The molecule has 0 saturated heterocycles. The van der Waals surface area contributed by atoms with Crippen molar-refractivity contribution in [1.29, 1.82) is 0 Å². The van der Waals surface area contributed by atoms with Crippen LogP contribution in [0.1, 0.15) is 5.56 Å². The number of ether oxygens (including phenoxy) is 1. The lowest BCUT2D eigenvalue weighted by Crippen LogP contribution is -2.01. The second kappa shape index (κ2) is 5.72. The van der Waals surface area contributed by atoms with Crippen LogP contribution in [0.15, 0.2) is 35.7 Å². The molecule has 0 aliphatic rings. The Balaban J connectivity index is 1.73. The Morgan fingerprint density at radius 1 is 1.29 bits per heavy atom. The predicted octanol–water partition coefficient (Wildman–Crippen LogP) is 2.29. The van der Waals surface area contributed by atoms with Crippen LogP contribution in [-0.4, -0.2) is 27.1 Å². The Labute approximate surface area is 105 Å². The summed E-state index contributed by atoms with van der Waals surface area (Å²) in [6, 6.07) is 8.07. The van der Waals surface area contributed by atoms with Crippen molar-refractivity contribution in [3.8, 4) is 5.75 Å². The average Bonchev–Trinajstić information content (AvgIpc) is 2.73. The highest BCUT2D eigenvalue weighted by atomic mass is 32.2. The summed E-state index contributed by atoms with van der Waals surface area (Å²) in [5.41, 5.74) is 1.24. The molecule has 0 saturated carbocycles. The lowest BCUT2D eigenvalue weighted by atomic mass is 10.2. The van der Waals surface area contributed by atoms with E-state index in [0.717, 1.165) is 16.7 Å². The van der Waals surface area contributed by atoms with Crippen LogP contribution >= 0.6 is 11.8 Å². The molecule has 0 aliphatic carbocycles. The van der Waals surface area contributed by atoms with Crippen molar-refractivity contribution in [1.82, 2.24) is 14.8 Å². The number of hydrogen-bond donors (Lipinski definition) is 0. The third-order valence-corrected chi connectivity index (χ3v) is 3.27. The van der Waals surface area contributed by atoms with Crippen molar-refractivity contribution >= 4 is 11.8 Å². The molecule has 0 bridgehead atoms. The summed E-state index contributed by atoms with van der Waals surface area (Å²) >= 11 is 1.64. The van der Waals surface area contributed by atoms with Crippen molar-refractivity contribution in [3.05, 3.63) is 36.2 Å². The maximum Gasteiger partial charge on any atom is 0.190 e. The van der Waals surface area contributed by atoms with Crippen molar-refractivity contribution in [2.45, 2.75) is 12.1 Å². The van der Waals surface area contributed by atoms with Gasteiger partial charge in [0, 0.05) is 12.8 Å². The highest BCUT2D eigenvalue weighted by molar-refractivity contribution is 7.99. The van der Waals surface area contributed by atoms with E-state index >= 15 is 0 Å². The molecule has 2 aromatic rings. The number of aryl methyl sites for hydroxylation is 2. The van der Waals surface area contributed by atoms with Gasteiger partial charge < -0.3 is 9.30 Å². The first-order chi connectivity index (χ1) is 8.25. The molecule has 17 heavy (non-hydrogen) atoms. The molecule has 0 atom stereocenters. The second-order valence-electron chi connectivity index (χ2n) is 3.73. The van der Waals surface area contributed by atoms with Crippen LogP contribution < -0.4 is 4.74 Å². The molecule has 90 valence electrons. The van der Waals surface area contributed by atoms with Gasteiger partial charge in [0.2, 0.25) is 0 Å². The summed E-state index contributed by atoms with van der Waals surface area (Å²) in [4.78, 5) is 0. The van der Waals surface area contributed by atoms with Crippen molar-refractivity contribution in [2.24, 2.45) is 7.05 Å². The van der Waals surface area contributed by atoms with Gasteiger partial charge in [0.05, 0.1) is 6.61 Å². The van der Waals surface area contributed by atoms with Gasteiger partial charge >= 0.3 is 0 Å². The van der Waals surface area contributed by atoms with E-state index in [2.05, 4.69) is 17.1 Å². The van der Waals surface area contributed by atoms with E-state index < -0.39 is 0 Å². The van der Waals surface area contributed by atoms with Crippen LogP contribution in [-0.2, 0) is 7.05 Å². The fourth-order valence-corrected chi connectivity index (χ4v) is 2.04. The summed E-state index contributed by atoms with van der Waals surface area (Å²) in [6.07, 6.45) is 1.70. The Bertz CT molecular complexity index is 467. The zero-order chi connectivity index (χ0) is 12.1. The number of aromatic nitrogens is 3. The number of thioether (sulfide) groups is 1. The van der Waals surface area contributed by atoms with Crippen molar-refractivity contribution < 1.29 is 4.74 Å². The molecule has 1 aromatic carbocycles. The van der Waals surface area contributed by atoms with E-state index in [0.29, 0.717) is 6.61 Å². The molecule has 0 N–H and O–H groups in total. The number of benzene rings is 1. The molecule has 0 unspecified atom stereocenters. The molecule has 1 aromatic heterocycles. The molecule has 0 spiro atoms. The molecular formula is C12H15N3OS. The Hall–Kier alpha value is -1.49. The minimum Gasteiger partial charge on any atom is -0.493 e. The lowest BCUT2D eigenvalue weighted by Gasteiger charge is -2.05. The van der Waals surface area contributed by atoms with Crippen LogP contribution in [0.4, 0.5) is 0 Å². The quantitative estimate of drug-likeness (QED) is 0.602. The van der Waals surface area contributed by atoms with Gasteiger partial charge in [-0.3, -0.25) is 0 Å². The van der Waals surface area contributed by atoms with Crippen molar-refractivity contribution in [3.63, 3.8) is 0 Å². The minimum atomic E-state index is 0.667. The summed E-state index contributed by atoms with van der Waals surface area (Å²) in [6.45, 7) is 2.73. The van der Waals surface area contributed by atoms with Gasteiger partial charge in [-0.1, -0.05) is 29.5 Å². The number of hydrogen-bond acceptors (Lipinski definition) is 4. The van der Waals surface area contributed by atoms with E-state index in [9.17, 15) is 0 Å². The minimum absolute atomic E-state index is 0.667. The predicted molar refractivity (Wildman–Crippen MR) is 68.4 cm³/mol. The van der Waals surface area contributed by atoms with Gasteiger partial charge in [0.15, 0.2) is 5.16 Å². The van der Waals surface area contributed by atoms with E-state index in [4.69, 9.17) is 4.74 Å². The van der Waals surface area contributed by atoms with Crippen LogP contribution in [0.5, 0.6) is 5.75 Å². The van der Waals surface area contributed by atoms with Gasteiger partial charge in [-0.25, -0.2) is 0 Å². The fraction of sp³-hybridized carbons (Fsp3) is 0.333. The first kappa shape index (κ1) is 12.0. The van der Waals surface area contributed by atoms with Crippen LogP contribution in [0, 0.1) is 6.92 Å². The fourth-order valence-electron chi connectivity index (χ4n) is 1.33. The molecule has 4 nitrogen and oxygen atoms in total. The maximum absolute atomic E-state index is 5.62. The van der Waals surface area contributed by atoms with Gasteiger partial charge in [0.1, 0.15) is 12.1 Å². The average molecular weight is 249 g/mol. The van der Waals surface area contributed by atoms with Crippen molar-refractivity contribution in [2.75, 3.05) is 12.4 Å². The molecule has 0 aliphatic heterocycles. The zero-order valence-corrected chi connectivity index (χ0v) is 10.8. The molecule has 0 radical (unpaired) electrons. The summed E-state index contributed by atoms with van der Waals surface area (Å²) < 4.78 is 7.52. The van der Waals surface area contributed by atoms with Gasteiger partial charge in [-0.2, -0.15) is 0 Å². The molecule has 5 heteroatoms. The smallest absolute Gasteiger partial charge is 0.190 e. The van der Waals surface area contributed by atoms with E-state index in [-0.39, 0.29) is 0 Å². The first-order valence-corrected chi connectivity index (χ1v) is 6.40. The summed E-state index contributed by atoms with van der Waals surface area (Å²) in [7, 11) is 1.93. The van der Waals surface area contributed by atoms with E-state index in [1.165, 1.54) is 5.56 Å². The largest absolute Gasteiger partial charge is 0.493 e. The third-order valence-electron chi connectivity index (χ3n) is 2.27. The number of nitrogens with zero attached hydrogens (tertiary/aromatic N) is 3. The monoisotopic (exact) mass is 249 g/mol. The standard InChI is InChI=1S/C12H15N3OS/c1-10-3-5-11(6-4-10)16-7-8-17-12-14-13-9-15(12)2/h3-6,9H,7-8H2,1-2H3. The normalized spacial score (nSPS) is 10.5. The summed E-state index contributed by atoms with van der Waals surface area (Å²) in [5, 5.41) is 8.73. The van der Waals surface area contributed by atoms with Gasteiger partial charge in [-0.15, -0.1) is 10.2 Å². The van der Waals surface area contributed by atoms with Gasteiger partial charge in [0.25, 0.3) is 0 Å². The maximum atomic E-state index is 5.62. The Morgan fingerprint density at radius 3 is 2.71 bits per heavy atom. The molecular weight excluding hydrogens is 234 g/mol. The molecule has 0 amide bonds. The highest BCUT2D eigenvalue weighted by Gasteiger charge is 2.01. The van der Waals surface area contributed by atoms with E-state index in [1.54, 1.807) is 18.1 Å². The topological polar surface area (TPSA) is 39.9 Å². The zero-order valence-electron chi connectivity index (χ0n) is 9.96. The molecule has 2 rings (SSSR count). The SMILES string of the molecule is Cc1ccc(OCCSc2nncn2C)cc1. The highest BCUT2D eigenvalue weighted by Crippen LogP contribution is 2.15. The van der Waals surface area contributed by atoms with Crippen LogP contribution in [0.2, 0.25) is 0 Å². The first-order valence-electron chi connectivity index (χ1n) is 5.42. The van der Waals surface area contributed by atoms with Gasteiger partial charge in [-0.05, 0) is 19.1 Å². The van der Waals surface area contributed by atoms with Crippen LogP contribution in [0.3, 0.4) is 0 Å². The molecule has 0 fully saturated rings. The molecule has 1 heterocycles. The second-order valence-corrected chi connectivity index (χ2v) is 4.80. The number of rotatable bonds is 5. The Morgan fingerprint density at radius 2 is 2.06 bits per heavy atom. The lowest BCUT2D eigenvalue weighted by molar-refractivity contribution is 0.344.